The smallest absolute Gasteiger partial charge is 0.406 e. The summed E-state index contributed by atoms with van der Waals surface area (Å²) in [6.07, 6.45) is -3.16. The van der Waals surface area contributed by atoms with Crippen LogP contribution in [0.1, 0.15) is 5.56 Å². The first-order valence-electron chi connectivity index (χ1n) is 7.52. The minimum Gasteiger partial charge on any atom is -0.406 e. The van der Waals surface area contributed by atoms with Crippen LogP contribution in [0.2, 0.25) is 5.15 Å². The molecule has 3 rings (SSSR count). The molecule has 0 fully saturated rings. The zero-order chi connectivity index (χ0) is 18.7. The van der Waals surface area contributed by atoms with E-state index >= 15 is 0 Å². The van der Waals surface area contributed by atoms with Gasteiger partial charge in [0.25, 0.3) is 0 Å². The molecule has 0 aliphatic heterocycles. The summed E-state index contributed by atoms with van der Waals surface area (Å²) in [5.74, 6) is -0.0121. The fraction of sp³-hybridized carbons (Fsp3) is 0.111. The van der Waals surface area contributed by atoms with E-state index in [-0.39, 0.29) is 10.9 Å². The van der Waals surface area contributed by atoms with E-state index in [9.17, 15) is 13.2 Å². The number of rotatable bonds is 4. The highest BCUT2D eigenvalue weighted by Gasteiger charge is 2.30. The van der Waals surface area contributed by atoms with Gasteiger partial charge in [-0.25, -0.2) is 9.97 Å². The second-order valence-corrected chi connectivity index (χ2v) is 5.82. The van der Waals surface area contributed by atoms with Crippen molar-refractivity contribution >= 4 is 23.1 Å². The molecule has 4 nitrogen and oxygen atoms in total. The van der Waals surface area contributed by atoms with Crippen molar-refractivity contribution in [2.75, 3.05) is 5.32 Å². The standard InChI is InChI=1S/C18H13ClF3N3O/c1-11-2-4-12(5-3-11)15-10-23-17(16(19)25-15)24-13-6-8-14(9-7-13)26-18(20,21)22/h2-10H,1H3,(H,23,24). The quantitative estimate of drug-likeness (QED) is 0.627. The first-order chi connectivity index (χ1) is 12.3. The lowest BCUT2D eigenvalue weighted by molar-refractivity contribution is -0.274. The molecule has 8 heteroatoms. The summed E-state index contributed by atoms with van der Waals surface area (Å²) in [7, 11) is 0. The van der Waals surface area contributed by atoms with Crippen molar-refractivity contribution < 1.29 is 17.9 Å². The third-order valence-corrected chi connectivity index (χ3v) is 3.69. The molecule has 0 saturated carbocycles. The van der Waals surface area contributed by atoms with E-state index < -0.39 is 6.36 Å². The molecular formula is C18H13ClF3N3O. The van der Waals surface area contributed by atoms with Gasteiger partial charge in [-0.2, -0.15) is 0 Å². The molecule has 26 heavy (non-hydrogen) atoms. The van der Waals surface area contributed by atoms with Crippen LogP contribution in [0.25, 0.3) is 11.3 Å². The normalized spacial score (nSPS) is 11.3. The molecule has 0 aliphatic rings. The van der Waals surface area contributed by atoms with E-state index in [1.54, 1.807) is 6.20 Å². The van der Waals surface area contributed by atoms with Gasteiger partial charge < -0.3 is 10.1 Å². The predicted octanol–water partition coefficient (Wildman–Crippen LogP) is 5.75. The summed E-state index contributed by atoms with van der Waals surface area (Å²) in [6, 6.07) is 13.0. The average molecular weight is 380 g/mol. The summed E-state index contributed by atoms with van der Waals surface area (Å²) >= 11 is 6.17. The number of hydrogen-bond donors (Lipinski definition) is 1. The molecule has 2 aromatic carbocycles. The molecule has 0 saturated heterocycles. The zero-order valence-corrected chi connectivity index (χ0v) is 14.3. The van der Waals surface area contributed by atoms with Gasteiger partial charge in [0, 0.05) is 11.3 Å². The zero-order valence-electron chi connectivity index (χ0n) is 13.5. The van der Waals surface area contributed by atoms with Gasteiger partial charge in [-0.3, -0.25) is 0 Å². The molecule has 1 N–H and O–H groups in total. The minimum atomic E-state index is -4.73. The highest BCUT2D eigenvalue weighted by molar-refractivity contribution is 6.31. The summed E-state index contributed by atoms with van der Waals surface area (Å²) in [6.45, 7) is 1.99. The Bertz CT molecular complexity index is 897. The van der Waals surface area contributed by atoms with Gasteiger partial charge >= 0.3 is 6.36 Å². The van der Waals surface area contributed by atoms with E-state index in [2.05, 4.69) is 20.0 Å². The van der Waals surface area contributed by atoms with Gasteiger partial charge in [0.2, 0.25) is 0 Å². The highest BCUT2D eigenvalue weighted by atomic mass is 35.5. The number of ether oxygens (including phenoxy) is 1. The molecular weight excluding hydrogens is 367 g/mol. The summed E-state index contributed by atoms with van der Waals surface area (Å²) in [4.78, 5) is 8.54. The average Bonchev–Trinajstić information content (AvgIpc) is 2.58. The molecule has 0 aliphatic carbocycles. The van der Waals surface area contributed by atoms with Crippen LogP contribution < -0.4 is 10.1 Å². The van der Waals surface area contributed by atoms with E-state index in [1.165, 1.54) is 24.3 Å². The van der Waals surface area contributed by atoms with Crippen LogP contribution in [-0.4, -0.2) is 16.3 Å². The fourth-order valence-electron chi connectivity index (χ4n) is 2.19. The van der Waals surface area contributed by atoms with Crippen molar-refractivity contribution in [1.82, 2.24) is 9.97 Å². The van der Waals surface area contributed by atoms with E-state index in [0.717, 1.165) is 11.1 Å². The number of hydrogen-bond acceptors (Lipinski definition) is 4. The van der Waals surface area contributed by atoms with Gasteiger partial charge in [-0.05, 0) is 31.2 Å². The Morgan fingerprint density at radius 1 is 1.00 bits per heavy atom. The Labute approximate surface area is 152 Å². The first kappa shape index (κ1) is 18.0. The molecule has 1 aromatic heterocycles. The Kier molecular flexibility index (Phi) is 4.99. The van der Waals surface area contributed by atoms with Crippen molar-refractivity contribution in [3.8, 4) is 17.0 Å². The van der Waals surface area contributed by atoms with Crippen LogP contribution in [0.4, 0.5) is 24.7 Å². The Balaban J connectivity index is 1.75. The van der Waals surface area contributed by atoms with Crippen LogP contribution in [0, 0.1) is 6.92 Å². The maximum Gasteiger partial charge on any atom is 0.573 e. The number of halogens is 4. The third-order valence-electron chi connectivity index (χ3n) is 3.43. The number of nitrogens with zero attached hydrogens (tertiary/aromatic N) is 2. The van der Waals surface area contributed by atoms with Crippen LogP contribution in [0.3, 0.4) is 0 Å². The van der Waals surface area contributed by atoms with Crippen LogP contribution in [-0.2, 0) is 0 Å². The van der Waals surface area contributed by atoms with Crippen LogP contribution >= 0.6 is 11.6 Å². The maximum absolute atomic E-state index is 12.2. The number of aryl methyl sites for hydroxylation is 1. The lowest BCUT2D eigenvalue weighted by atomic mass is 10.1. The number of benzene rings is 2. The van der Waals surface area contributed by atoms with Crippen LogP contribution in [0.15, 0.2) is 54.7 Å². The summed E-state index contributed by atoms with van der Waals surface area (Å²) in [5.41, 5.74) is 3.13. The van der Waals surface area contributed by atoms with Gasteiger partial charge in [-0.15, -0.1) is 13.2 Å². The molecule has 0 amide bonds. The number of alkyl halides is 3. The summed E-state index contributed by atoms with van der Waals surface area (Å²) in [5, 5.41) is 3.06. The van der Waals surface area contributed by atoms with Crippen molar-refractivity contribution in [2.45, 2.75) is 13.3 Å². The monoisotopic (exact) mass is 379 g/mol. The molecule has 1 heterocycles. The van der Waals surface area contributed by atoms with Crippen molar-refractivity contribution in [3.05, 3.63) is 65.4 Å². The number of aromatic nitrogens is 2. The molecule has 0 atom stereocenters. The van der Waals surface area contributed by atoms with E-state index in [1.807, 2.05) is 31.2 Å². The number of anilines is 2. The van der Waals surface area contributed by atoms with Gasteiger partial charge in [0.1, 0.15) is 5.75 Å². The lowest BCUT2D eigenvalue weighted by Gasteiger charge is -2.11. The highest BCUT2D eigenvalue weighted by Crippen LogP contribution is 2.28. The Morgan fingerprint density at radius 2 is 1.65 bits per heavy atom. The first-order valence-corrected chi connectivity index (χ1v) is 7.90. The summed E-state index contributed by atoms with van der Waals surface area (Å²) < 4.78 is 40.3. The topological polar surface area (TPSA) is 47.0 Å². The second-order valence-electron chi connectivity index (χ2n) is 5.46. The predicted molar refractivity (Wildman–Crippen MR) is 93.6 cm³/mol. The Morgan fingerprint density at radius 3 is 2.23 bits per heavy atom. The van der Waals surface area contributed by atoms with E-state index in [0.29, 0.717) is 17.2 Å². The molecule has 0 spiro atoms. The van der Waals surface area contributed by atoms with Crippen molar-refractivity contribution in [1.29, 1.82) is 0 Å². The number of nitrogens with one attached hydrogen (secondary N) is 1. The molecule has 3 aromatic rings. The minimum absolute atomic E-state index is 0.152. The van der Waals surface area contributed by atoms with Crippen LogP contribution in [0.5, 0.6) is 5.75 Å². The molecule has 0 bridgehead atoms. The second kappa shape index (κ2) is 7.21. The molecule has 0 unspecified atom stereocenters. The van der Waals surface area contributed by atoms with Gasteiger partial charge in [0.15, 0.2) is 11.0 Å². The van der Waals surface area contributed by atoms with Crippen molar-refractivity contribution in [2.24, 2.45) is 0 Å². The molecule has 134 valence electrons. The SMILES string of the molecule is Cc1ccc(-c2cnc(Nc3ccc(OC(F)(F)F)cc3)c(Cl)n2)cc1. The van der Waals surface area contributed by atoms with Crippen molar-refractivity contribution in [3.63, 3.8) is 0 Å². The lowest BCUT2D eigenvalue weighted by Crippen LogP contribution is -2.16. The van der Waals surface area contributed by atoms with Gasteiger partial charge in [-0.1, -0.05) is 41.4 Å². The fourth-order valence-corrected chi connectivity index (χ4v) is 2.38. The molecule has 0 radical (unpaired) electrons. The van der Waals surface area contributed by atoms with E-state index in [4.69, 9.17) is 11.6 Å². The Hall–Kier alpha value is -2.80. The van der Waals surface area contributed by atoms with Gasteiger partial charge in [0.05, 0.1) is 11.9 Å². The largest absolute Gasteiger partial charge is 0.573 e. The maximum atomic E-state index is 12.2. The third kappa shape index (κ3) is 4.64.